The molecule has 6 heteroatoms. The third-order valence-corrected chi connectivity index (χ3v) is 2.67. The van der Waals surface area contributed by atoms with E-state index in [0.29, 0.717) is 5.69 Å². The van der Waals surface area contributed by atoms with Gasteiger partial charge in [0.15, 0.2) is 11.6 Å². The molecule has 4 nitrogen and oxygen atoms in total. The van der Waals surface area contributed by atoms with Crippen LogP contribution in [0, 0.1) is 5.82 Å². The molecule has 0 atom stereocenters. The lowest BCUT2D eigenvalue weighted by Gasteiger charge is -2.05. The van der Waals surface area contributed by atoms with Gasteiger partial charge in [0.1, 0.15) is 6.61 Å². The first-order valence-electron chi connectivity index (χ1n) is 4.69. The van der Waals surface area contributed by atoms with Gasteiger partial charge >= 0.3 is 5.97 Å². The number of ether oxygens (including phenoxy) is 1. The summed E-state index contributed by atoms with van der Waals surface area (Å²) in [6.45, 7) is 0.160. The topological polar surface area (TPSA) is 59.4 Å². The average Bonchev–Trinajstić information content (AvgIpc) is 2.80. The Labute approximate surface area is 100 Å². The molecule has 2 aromatic rings. The Morgan fingerprint density at radius 3 is 2.94 bits per heavy atom. The van der Waals surface area contributed by atoms with Crippen LogP contribution in [0.1, 0.15) is 16.1 Å². The highest BCUT2D eigenvalue weighted by molar-refractivity contribution is 7.07. The lowest BCUT2D eigenvalue weighted by molar-refractivity contribution is 0.0696. The van der Waals surface area contributed by atoms with E-state index in [4.69, 9.17) is 9.84 Å². The van der Waals surface area contributed by atoms with Gasteiger partial charge in [-0.05, 0) is 18.2 Å². The second kappa shape index (κ2) is 4.92. The van der Waals surface area contributed by atoms with Gasteiger partial charge in [-0.1, -0.05) is 0 Å². The summed E-state index contributed by atoms with van der Waals surface area (Å²) in [5, 5.41) is 10.5. The molecule has 0 aliphatic carbocycles. The number of carbonyl (C=O) groups is 1. The van der Waals surface area contributed by atoms with Crippen LogP contribution in [0.3, 0.4) is 0 Å². The number of nitrogens with zero attached hydrogens (tertiary/aromatic N) is 1. The number of rotatable bonds is 4. The third-order valence-electron chi connectivity index (χ3n) is 2.04. The summed E-state index contributed by atoms with van der Waals surface area (Å²) in [6, 6.07) is 3.52. The van der Waals surface area contributed by atoms with E-state index < -0.39 is 11.8 Å². The van der Waals surface area contributed by atoms with Crippen LogP contribution in [0.4, 0.5) is 4.39 Å². The molecule has 0 spiro atoms. The van der Waals surface area contributed by atoms with Gasteiger partial charge in [-0.3, -0.25) is 0 Å². The van der Waals surface area contributed by atoms with Crippen LogP contribution < -0.4 is 4.74 Å². The molecule has 0 fully saturated rings. The predicted molar refractivity (Wildman–Crippen MR) is 59.8 cm³/mol. The largest absolute Gasteiger partial charge is 0.484 e. The molecule has 1 aromatic heterocycles. The Morgan fingerprint density at radius 1 is 1.53 bits per heavy atom. The molecular formula is C11H8FNO3S. The number of carboxylic acids is 1. The molecule has 1 aromatic carbocycles. The van der Waals surface area contributed by atoms with Crippen LogP contribution in [0.15, 0.2) is 29.1 Å². The van der Waals surface area contributed by atoms with Crippen molar-refractivity contribution in [3.8, 4) is 5.75 Å². The molecule has 0 saturated carbocycles. The number of hydrogen-bond donors (Lipinski definition) is 1. The van der Waals surface area contributed by atoms with E-state index in [1.165, 1.54) is 23.5 Å². The molecule has 0 amide bonds. The molecule has 1 heterocycles. The van der Waals surface area contributed by atoms with E-state index in [0.717, 1.165) is 6.07 Å². The van der Waals surface area contributed by atoms with Crippen LogP contribution in [-0.2, 0) is 6.61 Å². The van der Waals surface area contributed by atoms with Crippen molar-refractivity contribution in [2.24, 2.45) is 0 Å². The van der Waals surface area contributed by atoms with Crippen LogP contribution in [0.25, 0.3) is 0 Å². The zero-order valence-electron chi connectivity index (χ0n) is 8.59. The van der Waals surface area contributed by atoms with Gasteiger partial charge < -0.3 is 9.84 Å². The summed E-state index contributed by atoms with van der Waals surface area (Å²) in [5.41, 5.74) is 2.25. The van der Waals surface area contributed by atoms with Crippen LogP contribution in [0.2, 0.25) is 0 Å². The van der Waals surface area contributed by atoms with Gasteiger partial charge in [-0.2, -0.15) is 0 Å². The lowest BCUT2D eigenvalue weighted by Crippen LogP contribution is -2.01. The van der Waals surface area contributed by atoms with Gasteiger partial charge in [-0.25, -0.2) is 14.2 Å². The molecule has 2 rings (SSSR count). The fourth-order valence-corrected chi connectivity index (χ4v) is 1.75. The zero-order chi connectivity index (χ0) is 12.3. The first kappa shape index (κ1) is 11.5. The fourth-order valence-electron chi connectivity index (χ4n) is 1.21. The van der Waals surface area contributed by atoms with E-state index in [2.05, 4.69) is 4.98 Å². The monoisotopic (exact) mass is 253 g/mol. The van der Waals surface area contributed by atoms with Gasteiger partial charge in [0.05, 0.1) is 16.8 Å². The number of aromatic nitrogens is 1. The molecule has 1 N–H and O–H groups in total. The Bertz CT molecular complexity index is 528. The highest BCUT2D eigenvalue weighted by Gasteiger charge is 2.09. The van der Waals surface area contributed by atoms with Gasteiger partial charge in [0, 0.05) is 5.38 Å². The summed E-state index contributed by atoms with van der Waals surface area (Å²) in [4.78, 5) is 14.6. The summed E-state index contributed by atoms with van der Waals surface area (Å²) in [7, 11) is 0. The van der Waals surface area contributed by atoms with Crippen LogP contribution in [0.5, 0.6) is 5.75 Å². The van der Waals surface area contributed by atoms with Crippen molar-refractivity contribution in [3.63, 3.8) is 0 Å². The maximum atomic E-state index is 13.4. The molecule has 0 saturated heterocycles. The number of thiazole rings is 1. The van der Waals surface area contributed by atoms with E-state index in [1.807, 2.05) is 0 Å². The summed E-state index contributed by atoms with van der Waals surface area (Å²) in [5.74, 6) is -1.85. The molecule has 0 aliphatic rings. The lowest BCUT2D eigenvalue weighted by atomic mass is 10.2. The molecule has 0 bridgehead atoms. The number of hydrogen-bond acceptors (Lipinski definition) is 4. The number of carboxylic acid groups (broad SMARTS) is 1. The van der Waals surface area contributed by atoms with Crippen molar-refractivity contribution in [1.82, 2.24) is 4.98 Å². The minimum Gasteiger partial charge on any atom is -0.484 e. The van der Waals surface area contributed by atoms with Crippen molar-refractivity contribution in [3.05, 3.63) is 46.2 Å². The normalized spacial score (nSPS) is 10.2. The van der Waals surface area contributed by atoms with E-state index in [9.17, 15) is 9.18 Å². The third kappa shape index (κ3) is 2.79. The second-order valence-electron chi connectivity index (χ2n) is 3.22. The maximum absolute atomic E-state index is 13.4. The minimum atomic E-state index is -1.17. The second-order valence-corrected chi connectivity index (χ2v) is 3.94. The van der Waals surface area contributed by atoms with E-state index in [-0.39, 0.29) is 17.9 Å². The Morgan fingerprint density at radius 2 is 2.35 bits per heavy atom. The number of benzene rings is 1. The smallest absolute Gasteiger partial charge is 0.335 e. The first-order valence-corrected chi connectivity index (χ1v) is 5.64. The Balaban J connectivity index is 2.09. The van der Waals surface area contributed by atoms with Crippen LogP contribution in [-0.4, -0.2) is 16.1 Å². The maximum Gasteiger partial charge on any atom is 0.335 e. The van der Waals surface area contributed by atoms with E-state index >= 15 is 0 Å². The summed E-state index contributed by atoms with van der Waals surface area (Å²) >= 11 is 1.42. The van der Waals surface area contributed by atoms with Crippen molar-refractivity contribution >= 4 is 17.3 Å². The van der Waals surface area contributed by atoms with E-state index in [1.54, 1.807) is 10.9 Å². The Hall–Kier alpha value is -1.95. The fraction of sp³-hybridized carbons (Fsp3) is 0.0909. The van der Waals surface area contributed by atoms with Gasteiger partial charge in [0.2, 0.25) is 0 Å². The molecule has 0 unspecified atom stereocenters. The first-order chi connectivity index (χ1) is 8.16. The zero-order valence-corrected chi connectivity index (χ0v) is 9.41. The van der Waals surface area contributed by atoms with Crippen LogP contribution >= 0.6 is 11.3 Å². The minimum absolute atomic E-state index is 0.0167. The van der Waals surface area contributed by atoms with Gasteiger partial charge in [0.25, 0.3) is 0 Å². The summed E-state index contributed by atoms with van der Waals surface area (Å²) < 4.78 is 18.6. The quantitative estimate of drug-likeness (QED) is 0.909. The highest BCUT2D eigenvalue weighted by atomic mass is 32.1. The number of halogens is 1. The van der Waals surface area contributed by atoms with Crippen molar-refractivity contribution in [2.45, 2.75) is 6.61 Å². The highest BCUT2D eigenvalue weighted by Crippen LogP contribution is 2.19. The molecule has 17 heavy (non-hydrogen) atoms. The molecule has 0 aliphatic heterocycles. The molecule has 0 radical (unpaired) electrons. The van der Waals surface area contributed by atoms with Gasteiger partial charge in [-0.15, -0.1) is 11.3 Å². The molecule has 88 valence electrons. The predicted octanol–water partition coefficient (Wildman–Crippen LogP) is 2.56. The van der Waals surface area contributed by atoms with Crippen molar-refractivity contribution < 1.29 is 19.0 Å². The van der Waals surface area contributed by atoms with Crippen molar-refractivity contribution in [1.29, 1.82) is 0 Å². The van der Waals surface area contributed by atoms with Crippen molar-refractivity contribution in [2.75, 3.05) is 0 Å². The average molecular weight is 253 g/mol. The SMILES string of the molecule is O=C(O)c1ccc(OCc2cscn2)c(F)c1. The summed E-state index contributed by atoms with van der Waals surface area (Å²) in [6.07, 6.45) is 0. The molecular weight excluding hydrogens is 245 g/mol. The number of aromatic carboxylic acids is 1. The standard InChI is InChI=1S/C11H8FNO3S/c12-9-3-7(11(14)15)1-2-10(9)16-4-8-5-17-6-13-8/h1-3,5-6H,4H2,(H,14,15). The Kier molecular flexibility index (Phi) is 3.34.